The molecule has 0 saturated heterocycles. The molecule has 0 aromatic carbocycles. The first kappa shape index (κ1) is 14.7. The van der Waals surface area contributed by atoms with Crippen molar-refractivity contribution in [3.8, 4) is 0 Å². The minimum Gasteiger partial charge on any atom is -0.465 e. The maximum atomic E-state index is 11.6. The average molecular weight is 337 g/mol. The summed E-state index contributed by atoms with van der Waals surface area (Å²) in [5.41, 5.74) is 1.13. The Labute approximate surface area is 135 Å². The summed E-state index contributed by atoms with van der Waals surface area (Å²) in [6.45, 7) is 0.0386. The Hall–Kier alpha value is -2.24. The summed E-state index contributed by atoms with van der Waals surface area (Å²) in [4.78, 5) is 15.9. The molecule has 0 radical (unpaired) electrons. The van der Waals surface area contributed by atoms with Crippen LogP contribution >= 0.6 is 23.2 Å². The van der Waals surface area contributed by atoms with E-state index in [0.717, 1.165) is 0 Å². The molecule has 0 N–H and O–H groups in total. The van der Waals surface area contributed by atoms with Crippen LogP contribution < -0.4 is 0 Å². The first-order valence-electron chi connectivity index (χ1n) is 6.33. The quantitative estimate of drug-likeness (QED) is 0.534. The molecule has 0 atom stereocenters. The third-order valence-electron chi connectivity index (χ3n) is 2.81. The topological polar surface area (TPSA) is 56.7 Å². The molecule has 0 aliphatic rings. The van der Waals surface area contributed by atoms with Gasteiger partial charge in [-0.25, -0.2) is 9.78 Å². The van der Waals surface area contributed by atoms with Crippen molar-refractivity contribution in [1.29, 1.82) is 0 Å². The summed E-state index contributed by atoms with van der Waals surface area (Å²) < 4.78 is 11.9. The zero-order valence-electron chi connectivity index (χ0n) is 11.2. The number of rotatable bonds is 4. The van der Waals surface area contributed by atoms with Crippen LogP contribution in [0.4, 0.5) is 0 Å². The van der Waals surface area contributed by atoms with E-state index in [0.29, 0.717) is 27.1 Å². The highest BCUT2D eigenvalue weighted by Gasteiger charge is 2.08. The Morgan fingerprint density at radius 1 is 1.41 bits per heavy atom. The Morgan fingerprint density at radius 3 is 3.05 bits per heavy atom. The zero-order valence-corrected chi connectivity index (χ0v) is 12.7. The van der Waals surface area contributed by atoms with Crippen LogP contribution in [0.5, 0.6) is 0 Å². The lowest BCUT2D eigenvalue weighted by Gasteiger charge is -1.97. The number of hydrogen-bond donors (Lipinski definition) is 0. The molecule has 7 heteroatoms. The van der Waals surface area contributed by atoms with Crippen LogP contribution in [-0.4, -0.2) is 15.4 Å². The van der Waals surface area contributed by atoms with Gasteiger partial charge in [-0.05, 0) is 24.3 Å². The molecule has 3 rings (SSSR count). The van der Waals surface area contributed by atoms with Gasteiger partial charge in [0.1, 0.15) is 12.4 Å². The normalized spacial score (nSPS) is 11.4. The zero-order chi connectivity index (χ0) is 15.5. The third-order valence-corrected chi connectivity index (χ3v) is 3.30. The van der Waals surface area contributed by atoms with E-state index in [4.69, 9.17) is 32.4 Å². The molecular formula is C15H10Cl2N2O3. The lowest BCUT2D eigenvalue weighted by molar-refractivity contribution is -0.139. The molecule has 22 heavy (non-hydrogen) atoms. The molecule has 0 aliphatic heterocycles. The fourth-order valence-corrected chi connectivity index (χ4v) is 2.40. The van der Waals surface area contributed by atoms with Gasteiger partial charge >= 0.3 is 5.97 Å². The van der Waals surface area contributed by atoms with Crippen LogP contribution in [0.15, 0.2) is 47.3 Å². The SMILES string of the molecule is O=C(/C=C/c1ccco1)OCc1cn2cc(Cl)cc(Cl)c2n1. The van der Waals surface area contributed by atoms with Gasteiger partial charge in [-0.2, -0.15) is 0 Å². The van der Waals surface area contributed by atoms with Gasteiger partial charge in [-0.3, -0.25) is 0 Å². The van der Waals surface area contributed by atoms with Crippen LogP contribution in [0.3, 0.4) is 0 Å². The number of esters is 1. The number of carbonyl (C=O) groups excluding carboxylic acids is 1. The lowest BCUT2D eigenvalue weighted by atomic mass is 10.4. The molecule has 0 bridgehead atoms. The second-order valence-corrected chi connectivity index (χ2v) is 5.27. The van der Waals surface area contributed by atoms with E-state index in [1.807, 2.05) is 0 Å². The number of carbonyl (C=O) groups is 1. The van der Waals surface area contributed by atoms with Crippen LogP contribution in [0.1, 0.15) is 11.5 Å². The van der Waals surface area contributed by atoms with Crippen molar-refractivity contribution >= 4 is 40.9 Å². The largest absolute Gasteiger partial charge is 0.465 e. The summed E-state index contributed by atoms with van der Waals surface area (Å²) in [5, 5.41) is 0.933. The summed E-state index contributed by atoms with van der Waals surface area (Å²) in [6, 6.07) is 5.07. The van der Waals surface area contributed by atoms with E-state index >= 15 is 0 Å². The fourth-order valence-electron chi connectivity index (χ4n) is 1.87. The van der Waals surface area contributed by atoms with Crippen molar-refractivity contribution in [2.45, 2.75) is 6.61 Å². The Bertz CT molecular complexity index is 838. The maximum absolute atomic E-state index is 11.6. The lowest BCUT2D eigenvalue weighted by Crippen LogP contribution is -2.00. The minimum atomic E-state index is -0.488. The molecule has 3 aromatic heterocycles. The van der Waals surface area contributed by atoms with E-state index in [2.05, 4.69) is 4.98 Å². The molecule has 5 nitrogen and oxygen atoms in total. The molecule has 0 fully saturated rings. The van der Waals surface area contributed by atoms with Gasteiger partial charge < -0.3 is 13.6 Å². The van der Waals surface area contributed by atoms with Crippen LogP contribution in [0.25, 0.3) is 11.7 Å². The summed E-state index contributed by atoms with van der Waals surface area (Å²) >= 11 is 12.0. The monoisotopic (exact) mass is 336 g/mol. The second kappa shape index (κ2) is 6.25. The summed E-state index contributed by atoms with van der Waals surface area (Å²) in [6.07, 6.45) is 7.73. The van der Waals surface area contributed by atoms with E-state index in [1.54, 1.807) is 35.0 Å². The predicted molar refractivity (Wildman–Crippen MR) is 82.8 cm³/mol. The van der Waals surface area contributed by atoms with Crippen LogP contribution in [0, 0.1) is 0 Å². The van der Waals surface area contributed by atoms with Crippen LogP contribution in [0.2, 0.25) is 10.0 Å². The molecule has 3 aromatic rings. The number of nitrogens with zero attached hydrogens (tertiary/aromatic N) is 2. The maximum Gasteiger partial charge on any atom is 0.331 e. The van der Waals surface area contributed by atoms with Crippen molar-refractivity contribution < 1.29 is 13.9 Å². The van der Waals surface area contributed by atoms with Gasteiger partial charge in [0.2, 0.25) is 0 Å². The number of aromatic nitrogens is 2. The van der Waals surface area contributed by atoms with E-state index in [1.165, 1.54) is 18.4 Å². The van der Waals surface area contributed by atoms with Crippen molar-refractivity contribution in [3.63, 3.8) is 0 Å². The molecule has 0 saturated carbocycles. The Balaban J connectivity index is 1.66. The molecule has 0 amide bonds. The number of furan rings is 1. The van der Waals surface area contributed by atoms with E-state index in [9.17, 15) is 4.79 Å². The highest BCUT2D eigenvalue weighted by molar-refractivity contribution is 6.36. The summed E-state index contributed by atoms with van der Waals surface area (Å²) in [5.74, 6) is 0.0867. The van der Waals surface area contributed by atoms with Gasteiger partial charge in [0.15, 0.2) is 5.65 Å². The number of pyridine rings is 1. The van der Waals surface area contributed by atoms with E-state index in [-0.39, 0.29) is 6.61 Å². The Kier molecular flexibility index (Phi) is 4.18. The van der Waals surface area contributed by atoms with Gasteiger partial charge in [-0.15, -0.1) is 0 Å². The van der Waals surface area contributed by atoms with Crippen molar-refractivity contribution in [2.24, 2.45) is 0 Å². The van der Waals surface area contributed by atoms with Crippen molar-refractivity contribution in [1.82, 2.24) is 9.38 Å². The molecule has 0 spiro atoms. The number of ether oxygens (including phenoxy) is 1. The molecular weight excluding hydrogens is 327 g/mol. The van der Waals surface area contributed by atoms with Crippen molar-refractivity contribution in [3.05, 3.63) is 64.4 Å². The van der Waals surface area contributed by atoms with Gasteiger partial charge in [-0.1, -0.05) is 23.2 Å². The summed E-state index contributed by atoms with van der Waals surface area (Å²) in [7, 11) is 0. The minimum absolute atomic E-state index is 0.0386. The first-order chi connectivity index (χ1) is 10.6. The van der Waals surface area contributed by atoms with Crippen LogP contribution in [-0.2, 0) is 16.1 Å². The number of halogens is 2. The highest BCUT2D eigenvalue weighted by Crippen LogP contribution is 2.21. The number of hydrogen-bond acceptors (Lipinski definition) is 4. The van der Waals surface area contributed by atoms with E-state index < -0.39 is 5.97 Å². The third kappa shape index (κ3) is 3.32. The second-order valence-electron chi connectivity index (χ2n) is 4.43. The fraction of sp³-hybridized carbons (Fsp3) is 0.0667. The average Bonchev–Trinajstić information content (AvgIpc) is 3.11. The number of imidazole rings is 1. The molecule has 0 aliphatic carbocycles. The standard InChI is InChI=1S/C15H10Cl2N2O3/c16-10-6-13(17)15-18-11(8-19(15)7-10)9-22-14(20)4-3-12-2-1-5-21-12/h1-8H,9H2/b4-3+. The van der Waals surface area contributed by atoms with Gasteiger partial charge in [0, 0.05) is 18.5 Å². The molecule has 112 valence electrons. The van der Waals surface area contributed by atoms with Crippen molar-refractivity contribution in [2.75, 3.05) is 0 Å². The number of fused-ring (bicyclic) bond motifs is 1. The first-order valence-corrected chi connectivity index (χ1v) is 7.08. The Morgan fingerprint density at radius 2 is 2.27 bits per heavy atom. The molecule has 0 unspecified atom stereocenters. The smallest absolute Gasteiger partial charge is 0.331 e. The predicted octanol–water partition coefficient (Wildman–Crippen LogP) is 3.99. The van der Waals surface area contributed by atoms with Gasteiger partial charge in [0.05, 0.1) is 22.0 Å². The van der Waals surface area contributed by atoms with Gasteiger partial charge in [0.25, 0.3) is 0 Å². The highest BCUT2D eigenvalue weighted by atomic mass is 35.5. The molecule has 3 heterocycles.